The van der Waals surface area contributed by atoms with Crippen molar-refractivity contribution in [2.24, 2.45) is 0 Å². The van der Waals surface area contributed by atoms with E-state index < -0.39 is 119 Å². The fraction of sp³-hybridized carbons (Fsp3) is 0.517. The molecule has 2 heterocycles. The highest BCUT2D eigenvalue weighted by Crippen LogP contribution is 2.44. The molecular weight excluding hydrogens is 1060 g/mol. The highest BCUT2D eigenvalue weighted by atomic mass is 28.4. The first-order valence-corrected chi connectivity index (χ1v) is 32.6. The molecule has 18 nitrogen and oxygen atoms in total. The van der Waals surface area contributed by atoms with Gasteiger partial charge in [0.05, 0.1) is 48.7 Å². The topological polar surface area (TPSA) is 205 Å². The third kappa shape index (κ3) is 16.1. The number of methoxy groups -OCH3 is 4. The molecule has 0 unspecified atom stereocenters. The fourth-order valence-corrected chi connectivity index (χ4v) is 11.6. The molecule has 11 atom stereocenters. The van der Waals surface area contributed by atoms with Crippen molar-refractivity contribution in [3.63, 3.8) is 0 Å². The molecule has 2 aliphatic rings. The zero-order chi connectivity index (χ0) is 58.7. The molecule has 0 aliphatic carbocycles. The summed E-state index contributed by atoms with van der Waals surface area (Å²) >= 11 is 0. The van der Waals surface area contributed by atoms with Crippen molar-refractivity contribution in [3.05, 3.63) is 131 Å². The fourth-order valence-electron chi connectivity index (χ4n) is 8.86. The van der Waals surface area contributed by atoms with E-state index in [-0.39, 0.29) is 46.6 Å². The molecule has 2 aliphatic heterocycles. The number of benzene rings is 4. The van der Waals surface area contributed by atoms with Crippen LogP contribution in [-0.2, 0) is 56.3 Å². The number of hydrogen-bond acceptors (Lipinski definition) is 18. The quantitative estimate of drug-likeness (QED) is 0.0407. The predicted octanol–water partition coefficient (Wildman–Crippen LogP) is 10.5. The van der Waals surface area contributed by atoms with Crippen LogP contribution in [0, 0.1) is 0 Å². The zero-order valence-electron chi connectivity index (χ0n) is 48.7. The molecule has 0 N–H and O–H groups in total. The van der Waals surface area contributed by atoms with E-state index in [1.54, 1.807) is 97.1 Å². The maximum absolute atomic E-state index is 14.7. The molecule has 0 spiro atoms. The number of hydrogen-bond donors (Lipinski definition) is 0. The van der Waals surface area contributed by atoms with Crippen molar-refractivity contribution >= 4 is 46.5 Å². The Balaban J connectivity index is 1.55. The van der Waals surface area contributed by atoms with Crippen molar-refractivity contribution in [3.8, 4) is 11.5 Å². The molecule has 4 aromatic rings. The molecular formula is C60H80O18Si2. The van der Waals surface area contributed by atoms with Crippen LogP contribution in [0.25, 0.3) is 0 Å². The Morgan fingerprint density at radius 1 is 0.487 bits per heavy atom. The SMILES string of the molecule is COc1ccc(C(=O)O[C@H]2[C@H](OC(C)=O)C[C@@H](OC)O[C@@H]2C[C@@H](O[Si](C)(C)C(C)(C)C)[C@@H](C[C@H]2O[C@H](OC)[C@H](OC(=O)c3ccccc3)[C@@H](OC(=O)c3ccccc3)[C@@H]2OC(=O)c2ccc(OC)cc2)O[Si](C)(C)C(C)(C)C)cc1. The average molecular weight is 1150 g/mol. The summed E-state index contributed by atoms with van der Waals surface area (Å²) in [5.41, 5.74) is 0.677. The second kappa shape index (κ2) is 27.2. The predicted molar refractivity (Wildman–Crippen MR) is 301 cm³/mol. The minimum atomic E-state index is -2.91. The summed E-state index contributed by atoms with van der Waals surface area (Å²) in [5, 5.41) is -0.791. The minimum Gasteiger partial charge on any atom is -0.497 e. The van der Waals surface area contributed by atoms with Gasteiger partial charge in [-0.25, -0.2) is 19.2 Å². The maximum atomic E-state index is 14.7. The Bertz CT molecular complexity index is 2670. The van der Waals surface area contributed by atoms with E-state index in [0.717, 1.165) is 0 Å². The largest absolute Gasteiger partial charge is 0.497 e. The van der Waals surface area contributed by atoms with Crippen LogP contribution >= 0.6 is 0 Å². The van der Waals surface area contributed by atoms with E-state index in [1.165, 1.54) is 47.5 Å². The van der Waals surface area contributed by atoms with Gasteiger partial charge in [0.1, 0.15) is 29.8 Å². The highest BCUT2D eigenvalue weighted by Gasteiger charge is 2.56. The monoisotopic (exact) mass is 1140 g/mol. The van der Waals surface area contributed by atoms with Crippen LogP contribution in [0.2, 0.25) is 36.3 Å². The first kappa shape index (κ1) is 63.2. The van der Waals surface area contributed by atoms with Crippen molar-refractivity contribution in [1.82, 2.24) is 0 Å². The maximum Gasteiger partial charge on any atom is 0.338 e. The lowest BCUT2D eigenvalue weighted by Gasteiger charge is -2.49. The summed E-state index contributed by atoms with van der Waals surface area (Å²) in [4.78, 5) is 70.3. The van der Waals surface area contributed by atoms with Crippen molar-refractivity contribution < 1.29 is 84.9 Å². The van der Waals surface area contributed by atoms with E-state index in [9.17, 15) is 24.0 Å². The number of rotatable bonds is 22. The lowest BCUT2D eigenvalue weighted by molar-refractivity contribution is -0.292. The van der Waals surface area contributed by atoms with Crippen molar-refractivity contribution in [2.45, 2.75) is 172 Å². The molecule has 2 saturated heterocycles. The Kier molecular flexibility index (Phi) is 21.5. The van der Waals surface area contributed by atoms with Crippen LogP contribution < -0.4 is 9.47 Å². The summed E-state index contributed by atoms with van der Waals surface area (Å²) in [7, 11) is 0.0509. The lowest BCUT2D eigenvalue weighted by Crippen LogP contribution is -2.63. The highest BCUT2D eigenvalue weighted by molar-refractivity contribution is 6.74. The van der Waals surface area contributed by atoms with Crippen LogP contribution in [0.15, 0.2) is 109 Å². The normalized spacial score (nSPS) is 23.4. The summed E-state index contributed by atoms with van der Waals surface area (Å²) in [6, 6.07) is 29.1. The molecule has 80 heavy (non-hydrogen) atoms. The van der Waals surface area contributed by atoms with Gasteiger partial charge in [0, 0.05) is 40.4 Å². The van der Waals surface area contributed by atoms with Gasteiger partial charge < -0.3 is 61.0 Å². The number of carbonyl (C=O) groups excluding carboxylic acids is 5. The first-order valence-electron chi connectivity index (χ1n) is 26.8. The van der Waals surface area contributed by atoms with Gasteiger partial charge in [0.2, 0.25) is 0 Å². The molecule has 2 fully saturated rings. The Hall–Kier alpha value is -5.98. The zero-order valence-corrected chi connectivity index (χ0v) is 50.7. The van der Waals surface area contributed by atoms with Gasteiger partial charge in [0.15, 0.2) is 53.6 Å². The molecule has 0 radical (unpaired) electrons. The van der Waals surface area contributed by atoms with Crippen LogP contribution in [0.4, 0.5) is 0 Å². The molecule has 0 aromatic heterocycles. The summed E-state index contributed by atoms with van der Waals surface area (Å²) in [5.74, 6) is -2.75. The molecule has 0 saturated carbocycles. The molecule has 6 rings (SSSR count). The van der Waals surface area contributed by atoms with Crippen LogP contribution in [0.1, 0.15) is 109 Å². The lowest BCUT2D eigenvalue weighted by atomic mass is 9.90. The van der Waals surface area contributed by atoms with Gasteiger partial charge in [0.25, 0.3) is 0 Å². The molecule has 20 heteroatoms. The van der Waals surface area contributed by atoms with Crippen molar-refractivity contribution in [1.29, 1.82) is 0 Å². The van der Waals surface area contributed by atoms with Crippen LogP contribution in [0.3, 0.4) is 0 Å². The van der Waals surface area contributed by atoms with Gasteiger partial charge >= 0.3 is 29.8 Å². The molecule has 4 aromatic carbocycles. The second-order valence-electron chi connectivity index (χ2n) is 23.0. The minimum absolute atomic E-state index is 0.0272. The molecule has 0 bridgehead atoms. The summed E-state index contributed by atoms with van der Waals surface area (Å²) in [6.07, 6.45) is -13.6. The number of carbonyl (C=O) groups is 5. The van der Waals surface area contributed by atoms with E-state index in [4.69, 9.17) is 61.0 Å². The molecule has 0 amide bonds. The van der Waals surface area contributed by atoms with E-state index >= 15 is 0 Å². The van der Waals surface area contributed by atoms with Gasteiger partial charge in [-0.1, -0.05) is 77.9 Å². The van der Waals surface area contributed by atoms with E-state index in [1.807, 2.05) is 0 Å². The van der Waals surface area contributed by atoms with Gasteiger partial charge in [-0.05, 0) is 109 Å². The second-order valence-corrected chi connectivity index (χ2v) is 32.5. The van der Waals surface area contributed by atoms with Crippen LogP contribution in [-0.4, -0.2) is 142 Å². The van der Waals surface area contributed by atoms with Crippen molar-refractivity contribution in [2.75, 3.05) is 28.4 Å². The van der Waals surface area contributed by atoms with Gasteiger partial charge in [-0.15, -0.1) is 0 Å². The summed E-state index contributed by atoms with van der Waals surface area (Å²) in [6.45, 7) is 22.2. The Morgan fingerprint density at radius 2 is 0.863 bits per heavy atom. The molecule has 436 valence electrons. The number of ether oxygens (including phenoxy) is 11. The van der Waals surface area contributed by atoms with E-state index in [0.29, 0.717) is 11.5 Å². The average Bonchev–Trinajstić information content (AvgIpc) is 3.54. The third-order valence-corrected chi connectivity index (χ3v) is 24.4. The smallest absolute Gasteiger partial charge is 0.338 e. The van der Waals surface area contributed by atoms with Gasteiger partial charge in [-0.2, -0.15) is 0 Å². The Labute approximate surface area is 472 Å². The third-order valence-electron chi connectivity index (χ3n) is 15.4. The summed E-state index contributed by atoms with van der Waals surface area (Å²) < 4.78 is 82.8. The number of esters is 5. The van der Waals surface area contributed by atoms with Crippen LogP contribution in [0.5, 0.6) is 11.5 Å². The first-order chi connectivity index (χ1) is 37.7. The van der Waals surface area contributed by atoms with E-state index in [2.05, 4.69) is 67.7 Å². The van der Waals surface area contributed by atoms with Gasteiger partial charge in [-0.3, -0.25) is 4.79 Å². The Morgan fingerprint density at radius 3 is 1.24 bits per heavy atom. The standard InChI is InChI=1S/C60H80O18Si2/c1-37(61)70-48-36-49(68-10)71-46(50(48)73-56(64)40-26-30-42(66-8)31-27-40)34-44(77-79(12,13)59(2,3)4)45(78-80(14,15)60(5,6)7)35-47-51(74-57(65)41-28-32-43(67-9)33-29-41)52(75-54(62)38-22-18-16-19-23-38)53(58(69-11)72-47)76-55(63)39-24-20-17-21-25-39/h16-33,44-53,58H,34-36H2,1-15H3/t44-,45-,46-,47-,48-,49+,50-,51-,52+,53-,58+/m1/s1.